The standard InChI is InChI=1S/C12H9N3O2S/c1-18(16,17)10-4-2-9(3-5-10)11-6-7-14-12(8-13)15-11/h2-7H,1H3. The first-order valence-corrected chi connectivity index (χ1v) is 6.93. The molecule has 1 aromatic heterocycles. The molecule has 0 aliphatic heterocycles. The number of aromatic nitrogens is 2. The molecule has 1 aromatic carbocycles. The molecule has 0 saturated carbocycles. The number of sulfone groups is 1. The average Bonchev–Trinajstić information content (AvgIpc) is 2.38. The maximum Gasteiger partial charge on any atom is 0.232 e. The maximum absolute atomic E-state index is 11.3. The lowest BCUT2D eigenvalue weighted by Gasteiger charge is -2.02. The van der Waals surface area contributed by atoms with Gasteiger partial charge in [-0.25, -0.2) is 18.4 Å². The first-order chi connectivity index (χ1) is 8.50. The second kappa shape index (κ2) is 4.55. The van der Waals surface area contributed by atoms with E-state index in [1.807, 2.05) is 6.07 Å². The summed E-state index contributed by atoms with van der Waals surface area (Å²) >= 11 is 0. The van der Waals surface area contributed by atoms with Gasteiger partial charge in [-0.2, -0.15) is 5.26 Å². The molecular formula is C12H9N3O2S. The molecular weight excluding hydrogens is 250 g/mol. The average molecular weight is 259 g/mol. The van der Waals surface area contributed by atoms with E-state index in [9.17, 15) is 8.42 Å². The van der Waals surface area contributed by atoms with E-state index in [1.165, 1.54) is 18.3 Å². The summed E-state index contributed by atoms with van der Waals surface area (Å²) in [7, 11) is -3.20. The van der Waals surface area contributed by atoms with E-state index in [0.717, 1.165) is 11.8 Å². The zero-order valence-electron chi connectivity index (χ0n) is 9.53. The van der Waals surface area contributed by atoms with Gasteiger partial charge in [-0.15, -0.1) is 0 Å². The number of nitriles is 1. The Morgan fingerprint density at radius 1 is 1.17 bits per heavy atom. The van der Waals surface area contributed by atoms with Gasteiger partial charge in [-0.3, -0.25) is 0 Å². The fraction of sp³-hybridized carbons (Fsp3) is 0.0833. The van der Waals surface area contributed by atoms with E-state index >= 15 is 0 Å². The first-order valence-electron chi connectivity index (χ1n) is 5.04. The molecule has 0 aliphatic carbocycles. The van der Waals surface area contributed by atoms with Crippen LogP contribution in [0, 0.1) is 11.3 Å². The van der Waals surface area contributed by atoms with Crippen LogP contribution in [0.2, 0.25) is 0 Å². The molecule has 0 radical (unpaired) electrons. The maximum atomic E-state index is 11.3. The van der Waals surface area contributed by atoms with Crippen LogP contribution < -0.4 is 0 Å². The van der Waals surface area contributed by atoms with Gasteiger partial charge in [0.15, 0.2) is 9.84 Å². The molecule has 90 valence electrons. The van der Waals surface area contributed by atoms with Crippen molar-refractivity contribution in [3.63, 3.8) is 0 Å². The Hall–Kier alpha value is -2.26. The Kier molecular flexibility index (Phi) is 3.08. The van der Waals surface area contributed by atoms with Gasteiger partial charge in [0.1, 0.15) is 6.07 Å². The summed E-state index contributed by atoms with van der Waals surface area (Å²) in [5.74, 6) is 0.0830. The van der Waals surface area contributed by atoms with Gasteiger partial charge in [0, 0.05) is 18.0 Å². The third-order valence-corrected chi connectivity index (χ3v) is 3.46. The first kappa shape index (κ1) is 12.2. The topological polar surface area (TPSA) is 83.7 Å². The normalized spacial score (nSPS) is 10.9. The van der Waals surface area contributed by atoms with Crippen LogP contribution in [0.25, 0.3) is 11.3 Å². The highest BCUT2D eigenvalue weighted by molar-refractivity contribution is 7.90. The van der Waals surface area contributed by atoms with Crippen LogP contribution in [0.5, 0.6) is 0 Å². The molecule has 0 fully saturated rings. The molecule has 0 saturated heterocycles. The second-order valence-electron chi connectivity index (χ2n) is 3.67. The minimum absolute atomic E-state index is 0.0830. The molecule has 0 unspecified atom stereocenters. The summed E-state index contributed by atoms with van der Waals surface area (Å²) in [5, 5.41) is 8.71. The molecule has 0 amide bonds. The molecule has 1 heterocycles. The molecule has 6 heteroatoms. The van der Waals surface area contributed by atoms with Crippen molar-refractivity contribution in [1.82, 2.24) is 9.97 Å². The van der Waals surface area contributed by atoms with E-state index in [1.54, 1.807) is 18.2 Å². The van der Waals surface area contributed by atoms with E-state index in [0.29, 0.717) is 5.69 Å². The predicted molar refractivity (Wildman–Crippen MR) is 65.3 cm³/mol. The minimum Gasteiger partial charge on any atom is -0.227 e. The summed E-state index contributed by atoms with van der Waals surface area (Å²) in [6, 6.07) is 9.85. The van der Waals surface area contributed by atoms with Crippen LogP contribution in [-0.4, -0.2) is 24.6 Å². The quantitative estimate of drug-likeness (QED) is 0.814. The number of hydrogen-bond acceptors (Lipinski definition) is 5. The summed E-state index contributed by atoms with van der Waals surface area (Å²) in [5.41, 5.74) is 1.32. The molecule has 5 nitrogen and oxygen atoms in total. The number of hydrogen-bond donors (Lipinski definition) is 0. The highest BCUT2D eigenvalue weighted by Gasteiger charge is 2.07. The largest absolute Gasteiger partial charge is 0.232 e. The lowest BCUT2D eigenvalue weighted by molar-refractivity contribution is 0.602. The Morgan fingerprint density at radius 3 is 2.39 bits per heavy atom. The lowest BCUT2D eigenvalue weighted by Crippen LogP contribution is -1.97. The molecule has 18 heavy (non-hydrogen) atoms. The van der Waals surface area contributed by atoms with Gasteiger partial charge in [-0.1, -0.05) is 12.1 Å². The minimum atomic E-state index is -3.20. The number of benzene rings is 1. The predicted octanol–water partition coefficient (Wildman–Crippen LogP) is 1.42. The van der Waals surface area contributed by atoms with Gasteiger partial charge >= 0.3 is 0 Å². The third kappa shape index (κ3) is 2.52. The number of rotatable bonds is 2. The van der Waals surface area contributed by atoms with E-state index in [4.69, 9.17) is 5.26 Å². The molecule has 0 N–H and O–H groups in total. The van der Waals surface area contributed by atoms with Crippen molar-refractivity contribution in [1.29, 1.82) is 5.26 Å². The zero-order valence-corrected chi connectivity index (χ0v) is 10.3. The van der Waals surface area contributed by atoms with Crippen molar-refractivity contribution < 1.29 is 8.42 Å². The second-order valence-corrected chi connectivity index (χ2v) is 5.69. The molecule has 0 atom stereocenters. The highest BCUT2D eigenvalue weighted by Crippen LogP contribution is 2.19. The Balaban J connectivity index is 2.44. The van der Waals surface area contributed by atoms with Crippen molar-refractivity contribution in [3.05, 3.63) is 42.4 Å². The summed E-state index contributed by atoms with van der Waals surface area (Å²) < 4.78 is 22.6. The van der Waals surface area contributed by atoms with Gasteiger partial charge < -0.3 is 0 Å². The Morgan fingerprint density at radius 2 is 1.83 bits per heavy atom. The number of nitrogens with zero attached hydrogens (tertiary/aromatic N) is 3. The molecule has 0 bridgehead atoms. The van der Waals surface area contributed by atoms with E-state index in [2.05, 4.69) is 9.97 Å². The lowest BCUT2D eigenvalue weighted by atomic mass is 10.1. The van der Waals surface area contributed by atoms with Crippen molar-refractivity contribution in [2.24, 2.45) is 0 Å². The van der Waals surface area contributed by atoms with Gasteiger partial charge in [0.05, 0.1) is 10.6 Å². The van der Waals surface area contributed by atoms with Gasteiger partial charge in [0.25, 0.3) is 0 Å². The fourth-order valence-electron chi connectivity index (χ4n) is 1.45. The van der Waals surface area contributed by atoms with Crippen LogP contribution in [0.1, 0.15) is 5.82 Å². The summed E-state index contributed by atoms with van der Waals surface area (Å²) in [4.78, 5) is 8.05. The molecule has 0 spiro atoms. The van der Waals surface area contributed by atoms with Crippen LogP contribution in [-0.2, 0) is 9.84 Å². The van der Waals surface area contributed by atoms with Crippen LogP contribution >= 0.6 is 0 Å². The SMILES string of the molecule is CS(=O)(=O)c1ccc(-c2ccnc(C#N)n2)cc1. The van der Waals surface area contributed by atoms with Gasteiger partial charge in [-0.05, 0) is 18.2 Å². The summed E-state index contributed by atoms with van der Waals surface area (Å²) in [6.07, 6.45) is 2.64. The monoisotopic (exact) mass is 259 g/mol. The Bertz CT molecular complexity index is 716. The molecule has 2 rings (SSSR count). The fourth-order valence-corrected chi connectivity index (χ4v) is 2.08. The van der Waals surface area contributed by atoms with E-state index in [-0.39, 0.29) is 10.7 Å². The van der Waals surface area contributed by atoms with Crippen LogP contribution in [0.15, 0.2) is 41.4 Å². The van der Waals surface area contributed by atoms with Crippen molar-refractivity contribution in [3.8, 4) is 17.3 Å². The zero-order chi connectivity index (χ0) is 13.2. The van der Waals surface area contributed by atoms with Crippen molar-refractivity contribution >= 4 is 9.84 Å². The Labute approximate surface area is 105 Å². The van der Waals surface area contributed by atoms with Crippen molar-refractivity contribution in [2.45, 2.75) is 4.90 Å². The highest BCUT2D eigenvalue weighted by atomic mass is 32.2. The summed E-state index contributed by atoms with van der Waals surface area (Å²) in [6.45, 7) is 0. The smallest absolute Gasteiger partial charge is 0.227 e. The molecule has 2 aromatic rings. The van der Waals surface area contributed by atoms with Crippen LogP contribution in [0.4, 0.5) is 0 Å². The van der Waals surface area contributed by atoms with Gasteiger partial charge in [0.2, 0.25) is 5.82 Å². The molecule has 0 aliphatic rings. The van der Waals surface area contributed by atoms with E-state index < -0.39 is 9.84 Å². The van der Waals surface area contributed by atoms with Crippen LogP contribution in [0.3, 0.4) is 0 Å². The van der Waals surface area contributed by atoms with Crippen molar-refractivity contribution in [2.75, 3.05) is 6.26 Å². The third-order valence-electron chi connectivity index (χ3n) is 2.33.